The molecule has 1 amide bonds. The van der Waals surface area contributed by atoms with Gasteiger partial charge in [-0.25, -0.2) is 8.42 Å². The molecule has 0 aromatic heterocycles. The maximum absolute atomic E-state index is 12.3. The molecule has 0 aliphatic rings. The lowest BCUT2D eigenvalue weighted by Gasteiger charge is -2.15. The third-order valence-corrected chi connectivity index (χ3v) is 5.85. The van der Waals surface area contributed by atoms with Gasteiger partial charge in [-0.15, -0.1) is 6.58 Å². The molecule has 0 radical (unpaired) electrons. The molecule has 0 unspecified atom stereocenters. The number of sulfonamides is 1. The van der Waals surface area contributed by atoms with Crippen LogP contribution in [0.15, 0.2) is 60.0 Å². The predicted molar refractivity (Wildman–Crippen MR) is 110 cm³/mol. The molecule has 2 N–H and O–H groups in total. The van der Waals surface area contributed by atoms with E-state index in [1.165, 1.54) is 41.7 Å². The zero-order valence-corrected chi connectivity index (χ0v) is 16.7. The van der Waals surface area contributed by atoms with Crippen molar-refractivity contribution >= 4 is 38.9 Å². The van der Waals surface area contributed by atoms with Gasteiger partial charge in [0.15, 0.2) is 0 Å². The van der Waals surface area contributed by atoms with Gasteiger partial charge in [0.1, 0.15) is 6.07 Å². The first-order valence-corrected chi connectivity index (χ1v) is 10.0. The number of hydrogen-bond donors (Lipinski definition) is 2. The Bertz CT molecular complexity index is 1010. The topological polar surface area (TPSA) is 102 Å². The molecule has 0 aliphatic carbocycles. The van der Waals surface area contributed by atoms with Crippen LogP contribution < -0.4 is 10.6 Å². The standard InChI is InChI=1S/C19H19ClN4O3S/c1-3-10-24(2)28(26,27)17-8-6-16(7-9-17)22-13-19(25)23-18-11-15(20)5-4-14(18)12-21/h3-9,11,22H,1,10,13H2,2H3,(H,23,25). The molecule has 0 saturated carbocycles. The van der Waals surface area contributed by atoms with Crippen LogP contribution in [0.4, 0.5) is 11.4 Å². The highest BCUT2D eigenvalue weighted by atomic mass is 35.5. The Balaban J connectivity index is 2.00. The highest BCUT2D eigenvalue weighted by Gasteiger charge is 2.19. The lowest BCUT2D eigenvalue weighted by atomic mass is 10.2. The molecular formula is C19H19ClN4O3S. The number of rotatable bonds is 8. The maximum atomic E-state index is 12.3. The van der Waals surface area contributed by atoms with Crippen LogP contribution >= 0.6 is 11.6 Å². The van der Waals surface area contributed by atoms with E-state index < -0.39 is 10.0 Å². The van der Waals surface area contributed by atoms with Crippen molar-refractivity contribution in [3.05, 3.63) is 65.7 Å². The first-order chi connectivity index (χ1) is 13.3. The fraction of sp³-hybridized carbons (Fsp3) is 0.158. The van der Waals surface area contributed by atoms with E-state index in [1.54, 1.807) is 18.2 Å². The second kappa shape index (κ2) is 9.37. The minimum absolute atomic E-state index is 0.0696. The number of halogens is 1. The fourth-order valence-electron chi connectivity index (χ4n) is 2.30. The molecule has 0 aliphatic heterocycles. The molecule has 0 fully saturated rings. The highest BCUT2D eigenvalue weighted by molar-refractivity contribution is 7.89. The Morgan fingerprint density at radius 1 is 1.29 bits per heavy atom. The largest absolute Gasteiger partial charge is 0.376 e. The van der Waals surface area contributed by atoms with Gasteiger partial charge < -0.3 is 10.6 Å². The molecule has 0 heterocycles. The number of nitrogens with one attached hydrogen (secondary N) is 2. The van der Waals surface area contributed by atoms with Crippen LogP contribution in [0.25, 0.3) is 0 Å². The Morgan fingerprint density at radius 2 is 1.96 bits per heavy atom. The van der Waals surface area contributed by atoms with Gasteiger partial charge in [-0.05, 0) is 42.5 Å². The van der Waals surface area contributed by atoms with Crippen LogP contribution in [-0.4, -0.2) is 38.8 Å². The Labute approximate surface area is 169 Å². The molecule has 2 rings (SSSR count). The van der Waals surface area contributed by atoms with E-state index in [2.05, 4.69) is 17.2 Å². The van der Waals surface area contributed by atoms with Crippen LogP contribution in [0, 0.1) is 11.3 Å². The molecule has 0 bridgehead atoms. The number of carbonyl (C=O) groups is 1. The van der Waals surface area contributed by atoms with Gasteiger partial charge in [0.25, 0.3) is 0 Å². The second-order valence-corrected chi connectivity index (χ2v) is 8.28. The number of amides is 1. The van der Waals surface area contributed by atoms with E-state index in [1.807, 2.05) is 6.07 Å². The third-order valence-electron chi connectivity index (χ3n) is 3.78. The molecule has 7 nitrogen and oxygen atoms in total. The number of nitrogens with zero attached hydrogens (tertiary/aromatic N) is 2. The number of likely N-dealkylation sites (N-methyl/N-ethyl adjacent to an activating group) is 1. The van der Waals surface area contributed by atoms with Gasteiger partial charge >= 0.3 is 0 Å². The smallest absolute Gasteiger partial charge is 0.243 e. The van der Waals surface area contributed by atoms with E-state index in [9.17, 15) is 13.2 Å². The molecule has 9 heteroatoms. The van der Waals surface area contributed by atoms with Gasteiger partial charge in [0.2, 0.25) is 15.9 Å². The average molecular weight is 419 g/mol. The number of anilines is 2. The minimum atomic E-state index is -3.59. The molecule has 0 atom stereocenters. The minimum Gasteiger partial charge on any atom is -0.376 e. The summed E-state index contributed by atoms with van der Waals surface area (Å²) in [6.45, 7) is 3.66. The Kier molecular flexibility index (Phi) is 7.18. The molecule has 2 aromatic rings. The van der Waals surface area contributed by atoms with E-state index in [4.69, 9.17) is 16.9 Å². The maximum Gasteiger partial charge on any atom is 0.243 e. The van der Waals surface area contributed by atoms with Crippen LogP contribution in [0.1, 0.15) is 5.56 Å². The number of benzene rings is 2. The SMILES string of the molecule is C=CCN(C)S(=O)(=O)c1ccc(NCC(=O)Nc2cc(Cl)ccc2C#N)cc1. The van der Waals surface area contributed by atoms with E-state index >= 15 is 0 Å². The lowest BCUT2D eigenvalue weighted by Crippen LogP contribution is -2.27. The van der Waals surface area contributed by atoms with E-state index in [0.717, 1.165) is 0 Å². The quantitative estimate of drug-likeness (QED) is 0.641. The molecule has 146 valence electrons. The van der Waals surface area contributed by atoms with Crippen LogP contribution in [0.2, 0.25) is 5.02 Å². The van der Waals surface area contributed by atoms with Crippen molar-refractivity contribution < 1.29 is 13.2 Å². The van der Waals surface area contributed by atoms with E-state index in [-0.39, 0.29) is 23.9 Å². The van der Waals surface area contributed by atoms with Crippen molar-refractivity contribution in [3.8, 4) is 6.07 Å². The molecule has 0 saturated heterocycles. The summed E-state index contributed by atoms with van der Waals surface area (Å²) in [4.78, 5) is 12.3. The summed E-state index contributed by atoms with van der Waals surface area (Å²) in [7, 11) is -2.12. The first kappa shape index (κ1) is 21.4. The van der Waals surface area contributed by atoms with Crippen LogP contribution in [0.3, 0.4) is 0 Å². The second-order valence-electron chi connectivity index (χ2n) is 5.80. The summed E-state index contributed by atoms with van der Waals surface area (Å²) in [5.74, 6) is -0.374. The Morgan fingerprint density at radius 3 is 2.57 bits per heavy atom. The van der Waals surface area contributed by atoms with Gasteiger partial charge in [0, 0.05) is 24.3 Å². The van der Waals surface area contributed by atoms with Gasteiger partial charge in [0.05, 0.1) is 22.7 Å². The summed E-state index contributed by atoms with van der Waals surface area (Å²) in [6, 6.07) is 12.6. The third kappa shape index (κ3) is 5.33. The summed E-state index contributed by atoms with van der Waals surface area (Å²) in [5.41, 5.74) is 1.21. The molecule has 2 aromatic carbocycles. The van der Waals surface area contributed by atoms with Crippen LogP contribution in [-0.2, 0) is 14.8 Å². The first-order valence-electron chi connectivity index (χ1n) is 8.18. The zero-order chi connectivity index (χ0) is 20.7. The average Bonchev–Trinajstić information content (AvgIpc) is 2.67. The molecule has 0 spiro atoms. The van der Waals surface area contributed by atoms with Crippen molar-refractivity contribution in [1.82, 2.24) is 4.31 Å². The van der Waals surface area contributed by atoms with Gasteiger partial charge in [-0.3, -0.25) is 4.79 Å². The number of hydrogen-bond acceptors (Lipinski definition) is 5. The van der Waals surface area contributed by atoms with Crippen molar-refractivity contribution in [1.29, 1.82) is 5.26 Å². The van der Waals surface area contributed by atoms with Crippen molar-refractivity contribution in [2.24, 2.45) is 0 Å². The summed E-state index contributed by atoms with van der Waals surface area (Å²) in [6.07, 6.45) is 1.50. The number of carbonyl (C=O) groups excluding carboxylic acids is 1. The summed E-state index contributed by atoms with van der Waals surface area (Å²) >= 11 is 5.89. The summed E-state index contributed by atoms with van der Waals surface area (Å²) in [5, 5.41) is 15.0. The normalized spacial score (nSPS) is 10.9. The lowest BCUT2D eigenvalue weighted by molar-refractivity contribution is -0.114. The monoisotopic (exact) mass is 418 g/mol. The van der Waals surface area contributed by atoms with Crippen molar-refractivity contribution in [2.75, 3.05) is 30.8 Å². The fourth-order valence-corrected chi connectivity index (χ4v) is 3.61. The van der Waals surface area contributed by atoms with E-state index in [0.29, 0.717) is 22.0 Å². The molecular weight excluding hydrogens is 400 g/mol. The zero-order valence-electron chi connectivity index (χ0n) is 15.1. The number of nitriles is 1. The highest BCUT2D eigenvalue weighted by Crippen LogP contribution is 2.21. The van der Waals surface area contributed by atoms with Gasteiger partial charge in [-0.2, -0.15) is 9.57 Å². The predicted octanol–water partition coefficient (Wildman–Crippen LogP) is 3.07. The Hall–Kier alpha value is -2.86. The van der Waals surface area contributed by atoms with Crippen molar-refractivity contribution in [3.63, 3.8) is 0 Å². The van der Waals surface area contributed by atoms with Gasteiger partial charge in [-0.1, -0.05) is 17.7 Å². The van der Waals surface area contributed by atoms with Crippen LogP contribution in [0.5, 0.6) is 0 Å². The molecule has 28 heavy (non-hydrogen) atoms. The van der Waals surface area contributed by atoms with Crippen molar-refractivity contribution in [2.45, 2.75) is 4.90 Å². The summed E-state index contributed by atoms with van der Waals surface area (Å²) < 4.78 is 25.9.